The second kappa shape index (κ2) is 6.21. The van der Waals surface area contributed by atoms with Gasteiger partial charge in [0.1, 0.15) is 11.9 Å². The third kappa shape index (κ3) is 3.85. The first-order valence-electron chi connectivity index (χ1n) is 5.11. The van der Waals surface area contributed by atoms with Crippen molar-refractivity contribution in [1.82, 2.24) is 4.98 Å². The summed E-state index contributed by atoms with van der Waals surface area (Å²) in [6.45, 7) is 3.84. The Bertz CT molecular complexity index is 412. The first-order valence-corrected chi connectivity index (χ1v) is 6.28. The molecule has 0 saturated carbocycles. The van der Waals surface area contributed by atoms with Crippen molar-refractivity contribution in [1.29, 1.82) is 0 Å². The number of methoxy groups -OCH3 is 1. The lowest BCUT2D eigenvalue weighted by molar-refractivity contribution is -0.142. The number of nitrogens with one attached hydrogen (secondary N) is 1. The van der Waals surface area contributed by atoms with E-state index in [1.54, 1.807) is 12.3 Å². The van der Waals surface area contributed by atoms with Gasteiger partial charge in [-0.15, -0.1) is 0 Å². The number of carbonyl (C=O) groups is 1. The number of hydrogen-bond acceptors (Lipinski definition) is 4. The van der Waals surface area contributed by atoms with Crippen molar-refractivity contribution in [3.05, 3.63) is 21.8 Å². The van der Waals surface area contributed by atoms with Gasteiger partial charge in [0.15, 0.2) is 0 Å². The van der Waals surface area contributed by atoms with Gasteiger partial charge in [-0.3, -0.25) is 0 Å². The molecule has 4 nitrogen and oxygen atoms in total. The fraction of sp³-hybridized carbons (Fsp3) is 0.455. The number of ether oxygens (including phenoxy) is 1. The molecule has 0 fully saturated rings. The normalized spacial score (nSPS) is 12.4. The summed E-state index contributed by atoms with van der Waals surface area (Å²) in [5.74, 6) is 0.212. The van der Waals surface area contributed by atoms with E-state index in [1.165, 1.54) is 7.11 Å². The summed E-state index contributed by atoms with van der Waals surface area (Å²) in [4.78, 5) is 15.7. The smallest absolute Gasteiger partial charge is 0.328 e. The number of aromatic nitrogens is 1. The quantitative estimate of drug-likeness (QED) is 0.866. The monoisotopic (exact) mass is 320 g/mol. The Morgan fingerprint density at radius 3 is 2.71 bits per heavy atom. The average molecular weight is 322 g/mol. The molecular weight excluding hydrogens is 307 g/mol. The molecule has 0 aliphatic carbocycles. The molecule has 0 radical (unpaired) electrons. The molecule has 6 heteroatoms. The maximum absolute atomic E-state index is 11.6. The Labute approximate surface area is 114 Å². The minimum Gasteiger partial charge on any atom is -0.467 e. The summed E-state index contributed by atoms with van der Waals surface area (Å²) in [5.41, 5.74) is 0. The van der Waals surface area contributed by atoms with E-state index in [4.69, 9.17) is 16.3 Å². The number of pyridine rings is 1. The molecule has 0 spiro atoms. The van der Waals surface area contributed by atoms with Gasteiger partial charge in [-0.2, -0.15) is 0 Å². The second-order valence-electron chi connectivity index (χ2n) is 3.87. The molecule has 1 aromatic rings. The van der Waals surface area contributed by atoms with Crippen LogP contribution in [-0.4, -0.2) is 24.1 Å². The number of rotatable bonds is 4. The van der Waals surface area contributed by atoms with Crippen molar-refractivity contribution in [3.8, 4) is 0 Å². The van der Waals surface area contributed by atoms with E-state index in [0.717, 1.165) is 4.47 Å². The van der Waals surface area contributed by atoms with Gasteiger partial charge >= 0.3 is 5.97 Å². The first kappa shape index (κ1) is 14.3. The van der Waals surface area contributed by atoms with Crippen LogP contribution in [0.25, 0.3) is 0 Å². The summed E-state index contributed by atoms with van der Waals surface area (Å²) in [5, 5.41) is 3.44. The minimum atomic E-state index is -0.467. The molecule has 0 aromatic carbocycles. The van der Waals surface area contributed by atoms with Gasteiger partial charge in [-0.05, 0) is 27.9 Å². The van der Waals surface area contributed by atoms with E-state index in [9.17, 15) is 4.79 Å². The Kier molecular flexibility index (Phi) is 5.21. The molecule has 0 amide bonds. The van der Waals surface area contributed by atoms with Gasteiger partial charge in [0.05, 0.1) is 12.1 Å². The van der Waals surface area contributed by atoms with Crippen LogP contribution in [0.5, 0.6) is 0 Å². The molecular formula is C11H14BrClN2O2. The lowest BCUT2D eigenvalue weighted by Crippen LogP contribution is -2.35. The van der Waals surface area contributed by atoms with Gasteiger partial charge < -0.3 is 10.1 Å². The van der Waals surface area contributed by atoms with E-state index >= 15 is 0 Å². The second-order valence-corrected chi connectivity index (χ2v) is 5.20. The zero-order chi connectivity index (χ0) is 13.0. The van der Waals surface area contributed by atoms with Crippen LogP contribution in [-0.2, 0) is 9.53 Å². The third-order valence-electron chi connectivity index (χ3n) is 2.22. The van der Waals surface area contributed by atoms with E-state index in [1.807, 2.05) is 13.8 Å². The van der Waals surface area contributed by atoms with Crippen molar-refractivity contribution in [2.45, 2.75) is 19.9 Å². The minimum absolute atomic E-state index is 0.0731. The van der Waals surface area contributed by atoms with Crippen LogP contribution in [0.15, 0.2) is 16.7 Å². The highest BCUT2D eigenvalue weighted by Gasteiger charge is 2.23. The zero-order valence-corrected chi connectivity index (χ0v) is 12.2. The summed E-state index contributed by atoms with van der Waals surface area (Å²) < 4.78 is 5.51. The lowest BCUT2D eigenvalue weighted by atomic mass is 10.0. The molecule has 1 aromatic heterocycles. The van der Waals surface area contributed by atoms with Crippen LogP contribution in [0.2, 0.25) is 5.02 Å². The number of nitrogens with zero attached hydrogens (tertiary/aromatic N) is 1. The number of carbonyl (C=O) groups excluding carboxylic acids is 1. The molecule has 1 atom stereocenters. The van der Waals surface area contributed by atoms with E-state index in [2.05, 4.69) is 26.2 Å². The number of anilines is 1. The maximum Gasteiger partial charge on any atom is 0.328 e. The van der Waals surface area contributed by atoms with Crippen LogP contribution >= 0.6 is 27.5 Å². The van der Waals surface area contributed by atoms with Crippen molar-refractivity contribution in [2.24, 2.45) is 5.92 Å². The molecule has 0 aliphatic heterocycles. The molecule has 0 bridgehead atoms. The van der Waals surface area contributed by atoms with E-state index in [-0.39, 0.29) is 11.9 Å². The molecule has 1 N–H and O–H groups in total. The molecule has 94 valence electrons. The molecule has 1 rings (SSSR count). The predicted molar refractivity (Wildman–Crippen MR) is 71.2 cm³/mol. The summed E-state index contributed by atoms with van der Waals surface area (Å²) >= 11 is 9.29. The number of esters is 1. The van der Waals surface area contributed by atoms with E-state index in [0.29, 0.717) is 10.8 Å². The highest BCUT2D eigenvalue weighted by Crippen LogP contribution is 2.24. The Balaban J connectivity index is 2.90. The third-order valence-corrected chi connectivity index (χ3v) is 2.94. The van der Waals surface area contributed by atoms with Crippen LogP contribution in [0.4, 0.5) is 5.82 Å². The largest absolute Gasteiger partial charge is 0.467 e. The Hall–Kier alpha value is -0.810. The predicted octanol–water partition coefficient (Wildman–Crippen LogP) is 3.11. The van der Waals surface area contributed by atoms with Crippen molar-refractivity contribution >= 4 is 39.3 Å². The number of hydrogen-bond donors (Lipinski definition) is 1. The van der Waals surface area contributed by atoms with Crippen LogP contribution in [0.3, 0.4) is 0 Å². The van der Waals surface area contributed by atoms with Crippen molar-refractivity contribution in [2.75, 3.05) is 12.4 Å². The highest BCUT2D eigenvalue weighted by atomic mass is 79.9. The standard InChI is InChI=1S/C11H14BrClN2O2/c1-6(2)9(11(16)17-3)15-10-8(13)4-7(12)5-14-10/h4-6,9H,1-3H3,(H,14,15). The number of halogens is 2. The van der Waals surface area contributed by atoms with Crippen LogP contribution < -0.4 is 5.32 Å². The lowest BCUT2D eigenvalue weighted by Gasteiger charge is -2.20. The molecule has 1 unspecified atom stereocenters. The fourth-order valence-electron chi connectivity index (χ4n) is 1.29. The maximum atomic E-state index is 11.6. The van der Waals surface area contributed by atoms with Gasteiger partial charge in [0, 0.05) is 10.7 Å². The first-order chi connectivity index (χ1) is 7.95. The van der Waals surface area contributed by atoms with Gasteiger partial charge in [-0.1, -0.05) is 25.4 Å². The van der Waals surface area contributed by atoms with Crippen molar-refractivity contribution < 1.29 is 9.53 Å². The van der Waals surface area contributed by atoms with Gasteiger partial charge in [0.25, 0.3) is 0 Å². The summed E-state index contributed by atoms with van der Waals surface area (Å²) in [6, 6.07) is 1.25. The summed E-state index contributed by atoms with van der Waals surface area (Å²) in [7, 11) is 1.36. The Morgan fingerprint density at radius 2 is 2.24 bits per heavy atom. The van der Waals surface area contributed by atoms with Crippen molar-refractivity contribution in [3.63, 3.8) is 0 Å². The molecule has 1 heterocycles. The summed E-state index contributed by atoms with van der Waals surface area (Å²) in [6.07, 6.45) is 1.61. The highest BCUT2D eigenvalue weighted by molar-refractivity contribution is 9.10. The topological polar surface area (TPSA) is 51.2 Å². The SMILES string of the molecule is COC(=O)C(Nc1ncc(Br)cc1Cl)C(C)C. The van der Waals surface area contributed by atoms with Crippen LogP contribution in [0.1, 0.15) is 13.8 Å². The molecule has 0 aliphatic rings. The fourth-order valence-corrected chi connectivity index (χ4v) is 1.98. The average Bonchev–Trinajstić information content (AvgIpc) is 2.26. The van der Waals surface area contributed by atoms with E-state index < -0.39 is 6.04 Å². The zero-order valence-electron chi connectivity index (χ0n) is 9.83. The Morgan fingerprint density at radius 1 is 1.59 bits per heavy atom. The molecule has 0 saturated heterocycles. The van der Waals surface area contributed by atoms with Crippen LogP contribution in [0, 0.1) is 5.92 Å². The molecule has 17 heavy (non-hydrogen) atoms. The van der Waals surface area contributed by atoms with Gasteiger partial charge in [0.2, 0.25) is 0 Å². The van der Waals surface area contributed by atoms with Gasteiger partial charge in [-0.25, -0.2) is 9.78 Å².